The second kappa shape index (κ2) is 5.38. The molecule has 0 aromatic carbocycles. The summed E-state index contributed by atoms with van der Waals surface area (Å²) in [6.07, 6.45) is 11.4. The first-order chi connectivity index (χ1) is 8.42. The molecule has 0 aromatic rings. The molecule has 1 saturated heterocycles. The lowest BCUT2D eigenvalue weighted by atomic mass is 9.75. The van der Waals surface area contributed by atoms with Gasteiger partial charge in [-0.25, -0.2) is 0 Å². The van der Waals surface area contributed by atoms with E-state index in [0.29, 0.717) is 0 Å². The molecular formula is C15H27BO2. The molecule has 0 atom stereocenters. The third-order valence-corrected chi connectivity index (χ3v) is 4.63. The minimum atomic E-state index is -0.211. The molecule has 2 rings (SSSR count). The number of hydrogen-bond donors (Lipinski definition) is 0. The van der Waals surface area contributed by atoms with E-state index in [1.165, 1.54) is 44.0 Å². The molecule has 0 spiro atoms. The van der Waals surface area contributed by atoms with Crippen molar-refractivity contribution in [2.75, 3.05) is 0 Å². The fraction of sp³-hybridized carbons (Fsp3) is 0.867. The first-order valence-electron chi connectivity index (χ1n) is 7.47. The van der Waals surface area contributed by atoms with Crippen molar-refractivity contribution in [3.8, 4) is 0 Å². The molecule has 0 aromatic heterocycles. The van der Waals surface area contributed by atoms with E-state index in [1.807, 2.05) is 0 Å². The van der Waals surface area contributed by atoms with Gasteiger partial charge in [0.2, 0.25) is 0 Å². The fourth-order valence-corrected chi connectivity index (χ4v) is 2.60. The molecule has 0 N–H and O–H groups in total. The third-order valence-electron chi connectivity index (χ3n) is 4.63. The number of allylic oxidation sites excluding steroid dienone is 2. The van der Waals surface area contributed by atoms with Gasteiger partial charge in [0, 0.05) is 0 Å². The standard InChI is InChI=1S/C15H27BO2/c1-14(2)15(3,4)18-16(17-14)13-11-9-7-5-6-8-10-12-13/h11H,5-10,12H2,1-4H3/b13-11+. The molecule has 1 aliphatic carbocycles. The Bertz CT molecular complexity index is 304. The second-order valence-electron chi connectivity index (χ2n) is 6.67. The van der Waals surface area contributed by atoms with Gasteiger partial charge in [-0.2, -0.15) is 0 Å². The van der Waals surface area contributed by atoms with Crippen molar-refractivity contribution < 1.29 is 9.31 Å². The predicted molar refractivity (Wildman–Crippen MR) is 76.5 cm³/mol. The highest BCUT2D eigenvalue weighted by Crippen LogP contribution is 2.39. The topological polar surface area (TPSA) is 18.5 Å². The zero-order valence-electron chi connectivity index (χ0n) is 12.4. The Morgan fingerprint density at radius 3 is 2.11 bits per heavy atom. The molecule has 3 heteroatoms. The van der Waals surface area contributed by atoms with Crippen LogP contribution in [-0.4, -0.2) is 18.3 Å². The zero-order chi connectivity index (χ0) is 13.2. The maximum absolute atomic E-state index is 6.15. The Hall–Kier alpha value is -0.275. The molecule has 0 unspecified atom stereocenters. The minimum absolute atomic E-state index is 0.118. The van der Waals surface area contributed by atoms with Crippen LogP contribution in [0.1, 0.15) is 72.6 Å². The second-order valence-corrected chi connectivity index (χ2v) is 6.67. The van der Waals surface area contributed by atoms with Gasteiger partial charge in [-0.15, -0.1) is 0 Å². The highest BCUT2D eigenvalue weighted by Gasteiger charge is 2.52. The molecule has 0 saturated carbocycles. The van der Waals surface area contributed by atoms with Crippen molar-refractivity contribution in [2.24, 2.45) is 0 Å². The highest BCUT2D eigenvalue weighted by molar-refractivity contribution is 6.54. The van der Waals surface area contributed by atoms with Crippen LogP contribution in [0, 0.1) is 0 Å². The van der Waals surface area contributed by atoms with E-state index in [1.54, 1.807) is 0 Å². The van der Waals surface area contributed by atoms with Crippen molar-refractivity contribution in [1.29, 1.82) is 0 Å². The lowest BCUT2D eigenvalue weighted by Gasteiger charge is -2.32. The van der Waals surface area contributed by atoms with Crippen molar-refractivity contribution in [3.05, 3.63) is 11.5 Å². The van der Waals surface area contributed by atoms with Gasteiger partial charge in [-0.3, -0.25) is 0 Å². The monoisotopic (exact) mass is 250 g/mol. The van der Waals surface area contributed by atoms with Gasteiger partial charge >= 0.3 is 7.12 Å². The zero-order valence-corrected chi connectivity index (χ0v) is 12.4. The smallest absolute Gasteiger partial charge is 0.400 e. The maximum atomic E-state index is 6.15. The Kier molecular flexibility index (Phi) is 4.23. The van der Waals surface area contributed by atoms with Crippen LogP contribution in [0.4, 0.5) is 0 Å². The van der Waals surface area contributed by atoms with Crippen LogP contribution in [-0.2, 0) is 9.31 Å². The number of hydrogen-bond acceptors (Lipinski definition) is 2. The van der Waals surface area contributed by atoms with Crippen LogP contribution in [0.5, 0.6) is 0 Å². The Morgan fingerprint density at radius 1 is 0.889 bits per heavy atom. The van der Waals surface area contributed by atoms with Crippen molar-refractivity contribution >= 4 is 7.12 Å². The van der Waals surface area contributed by atoms with Gasteiger partial charge in [-0.1, -0.05) is 31.8 Å². The Balaban J connectivity index is 2.06. The molecule has 1 heterocycles. The molecule has 102 valence electrons. The summed E-state index contributed by atoms with van der Waals surface area (Å²) >= 11 is 0. The van der Waals surface area contributed by atoms with Gasteiger partial charge in [-0.05, 0) is 52.4 Å². The van der Waals surface area contributed by atoms with Crippen LogP contribution in [0.2, 0.25) is 0 Å². The predicted octanol–water partition coefficient (Wildman–Crippen LogP) is 4.29. The van der Waals surface area contributed by atoms with Gasteiger partial charge in [0.05, 0.1) is 11.2 Å². The van der Waals surface area contributed by atoms with Crippen LogP contribution in [0.3, 0.4) is 0 Å². The average Bonchev–Trinajstić information content (AvgIpc) is 2.56. The van der Waals surface area contributed by atoms with Crippen LogP contribution < -0.4 is 0 Å². The molecule has 1 aliphatic heterocycles. The van der Waals surface area contributed by atoms with Crippen molar-refractivity contribution in [3.63, 3.8) is 0 Å². The average molecular weight is 250 g/mol. The van der Waals surface area contributed by atoms with Gasteiger partial charge in [0.25, 0.3) is 0 Å². The summed E-state index contributed by atoms with van der Waals surface area (Å²) in [6, 6.07) is 0. The summed E-state index contributed by atoms with van der Waals surface area (Å²) in [5, 5.41) is 0. The molecule has 2 nitrogen and oxygen atoms in total. The first-order valence-corrected chi connectivity index (χ1v) is 7.47. The Morgan fingerprint density at radius 2 is 1.44 bits per heavy atom. The van der Waals surface area contributed by atoms with E-state index >= 15 is 0 Å². The van der Waals surface area contributed by atoms with Gasteiger partial charge < -0.3 is 9.31 Å². The summed E-state index contributed by atoms with van der Waals surface area (Å²) in [6.45, 7) is 8.51. The molecule has 18 heavy (non-hydrogen) atoms. The van der Waals surface area contributed by atoms with E-state index in [0.717, 1.165) is 6.42 Å². The van der Waals surface area contributed by atoms with Gasteiger partial charge in [0.15, 0.2) is 0 Å². The Labute approximate surface area is 112 Å². The first kappa shape index (κ1) is 14.1. The van der Waals surface area contributed by atoms with E-state index in [9.17, 15) is 0 Å². The van der Waals surface area contributed by atoms with Crippen LogP contribution >= 0.6 is 0 Å². The summed E-state index contributed by atoms with van der Waals surface area (Å²) in [7, 11) is -0.118. The lowest BCUT2D eigenvalue weighted by Crippen LogP contribution is -2.41. The summed E-state index contributed by atoms with van der Waals surface area (Å²) < 4.78 is 12.3. The highest BCUT2D eigenvalue weighted by atomic mass is 16.7. The van der Waals surface area contributed by atoms with Crippen molar-refractivity contribution in [2.45, 2.75) is 83.8 Å². The minimum Gasteiger partial charge on any atom is -0.400 e. The molecule has 1 fully saturated rings. The number of rotatable bonds is 1. The third kappa shape index (κ3) is 3.00. The molecule has 0 amide bonds. The molecular weight excluding hydrogens is 223 g/mol. The van der Waals surface area contributed by atoms with E-state index in [-0.39, 0.29) is 18.3 Å². The van der Waals surface area contributed by atoms with E-state index in [4.69, 9.17) is 9.31 Å². The van der Waals surface area contributed by atoms with Gasteiger partial charge in [0.1, 0.15) is 0 Å². The summed E-state index contributed by atoms with van der Waals surface area (Å²) in [4.78, 5) is 0. The van der Waals surface area contributed by atoms with Crippen LogP contribution in [0.25, 0.3) is 0 Å². The molecule has 0 bridgehead atoms. The van der Waals surface area contributed by atoms with Crippen molar-refractivity contribution in [1.82, 2.24) is 0 Å². The summed E-state index contributed by atoms with van der Waals surface area (Å²) in [5.41, 5.74) is 0.948. The molecule has 2 aliphatic rings. The fourth-order valence-electron chi connectivity index (χ4n) is 2.60. The summed E-state index contributed by atoms with van der Waals surface area (Å²) in [5.74, 6) is 0. The normalized spacial score (nSPS) is 31.1. The lowest BCUT2D eigenvalue weighted by molar-refractivity contribution is 0.00578. The largest absolute Gasteiger partial charge is 0.490 e. The maximum Gasteiger partial charge on any atom is 0.490 e. The SMILES string of the molecule is CC1(C)OB(/C2=C/CCCCCCC2)OC1(C)C. The molecule has 0 radical (unpaired) electrons. The van der Waals surface area contributed by atoms with Crippen LogP contribution in [0.15, 0.2) is 11.5 Å². The van der Waals surface area contributed by atoms with E-state index in [2.05, 4.69) is 33.8 Å². The van der Waals surface area contributed by atoms with E-state index < -0.39 is 0 Å². The quantitative estimate of drug-likeness (QED) is 0.646.